The predicted octanol–water partition coefficient (Wildman–Crippen LogP) is 4.25. The molecule has 6 heteroatoms. The quantitative estimate of drug-likeness (QED) is 0.512. The van der Waals surface area contributed by atoms with E-state index in [4.69, 9.17) is 4.74 Å². The van der Waals surface area contributed by atoms with Crippen LogP contribution in [0.4, 0.5) is 5.69 Å². The fourth-order valence-corrected chi connectivity index (χ4v) is 3.10. The third-order valence-corrected chi connectivity index (χ3v) is 4.39. The fourth-order valence-electron chi connectivity index (χ4n) is 3.10. The van der Waals surface area contributed by atoms with Gasteiger partial charge >= 0.3 is 0 Å². The smallest absolute Gasteiger partial charge is 0.288 e. The molecule has 0 aliphatic carbocycles. The zero-order chi connectivity index (χ0) is 19.5. The zero-order valence-corrected chi connectivity index (χ0v) is 15.7. The van der Waals surface area contributed by atoms with Crippen LogP contribution in [-0.2, 0) is 0 Å². The van der Waals surface area contributed by atoms with Crippen molar-refractivity contribution in [2.45, 2.75) is 13.8 Å². The number of hydrogen-bond acceptors (Lipinski definition) is 5. The van der Waals surface area contributed by atoms with E-state index in [1.165, 1.54) is 0 Å². The average Bonchev–Trinajstić information content (AvgIpc) is 2.71. The summed E-state index contributed by atoms with van der Waals surface area (Å²) < 4.78 is 5.55. The van der Waals surface area contributed by atoms with E-state index in [-0.39, 0.29) is 5.91 Å². The van der Waals surface area contributed by atoms with E-state index in [1.54, 1.807) is 12.3 Å². The molecule has 2 aromatic heterocycles. The third kappa shape index (κ3) is 3.57. The average molecular weight is 372 g/mol. The van der Waals surface area contributed by atoms with Crippen molar-refractivity contribution < 1.29 is 9.53 Å². The summed E-state index contributed by atoms with van der Waals surface area (Å²) in [7, 11) is 0. The van der Waals surface area contributed by atoms with E-state index in [0.717, 1.165) is 38.8 Å². The molecular weight excluding hydrogens is 352 g/mol. The van der Waals surface area contributed by atoms with Gasteiger partial charge in [0.25, 0.3) is 5.91 Å². The van der Waals surface area contributed by atoms with Gasteiger partial charge < -0.3 is 4.74 Å². The third-order valence-electron chi connectivity index (χ3n) is 4.39. The van der Waals surface area contributed by atoms with Crippen molar-refractivity contribution in [2.75, 3.05) is 12.0 Å². The molecule has 1 amide bonds. The first-order valence-corrected chi connectivity index (χ1v) is 9.09. The molecule has 0 spiro atoms. The van der Waals surface area contributed by atoms with Crippen molar-refractivity contribution in [1.82, 2.24) is 15.4 Å². The second-order valence-electron chi connectivity index (χ2n) is 6.42. The van der Waals surface area contributed by atoms with Crippen LogP contribution in [0.5, 0.6) is 5.75 Å². The highest BCUT2D eigenvalue weighted by molar-refractivity contribution is 5.98. The lowest BCUT2D eigenvalue weighted by atomic mass is 10.1. The molecule has 0 radical (unpaired) electrons. The standard InChI is InChI=1S/C22H20N4O2/c1-3-28-17-8-9-18-19(12-17)24-14(2)10-20(18)25-26-22(27)21-11-15-6-4-5-7-16(15)13-23-21/h4-13H,3H2,1-2H3,(H,24,25)(H,26,27). The second-order valence-corrected chi connectivity index (χ2v) is 6.42. The number of carbonyl (C=O) groups is 1. The zero-order valence-electron chi connectivity index (χ0n) is 15.7. The Kier molecular flexibility index (Phi) is 4.76. The first-order valence-electron chi connectivity index (χ1n) is 9.09. The summed E-state index contributed by atoms with van der Waals surface area (Å²) in [4.78, 5) is 21.4. The number of benzene rings is 2. The van der Waals surface area contributed by atoms with Crippen LogP contribution in [-0.4, -0.2) is 22.5 Å². The van der Waals surface area contributed by atoms with E-state index >= 15 is 0 Å². The number of hydrazine groups is 1. The number of aryl methyl sites for hydroxylation is 1. The summed E-state index contributed by atoms with van der Waals surface area (Å²) in [5, 5.41) is 2.85. The lowest BCUT2D eigenvalue weighted by Gasteiger charge is -2.13. The van der Waals surface area contributed by atoms with Crippen molar-refractivity contribution in [2.24, 2.45) is 0 Å². The van der Waals surface area contributed by atoms with Gasteiger partial charge in [0.05, 0.1) is 17.8 Å². The number of nitrogens with zero attached hydrogens (tertiary/aromatic N) is 2. The molecule has 0 aliphatic rings. The van der Waals surface area contributed by atoms with Crippen LogP contribution in [0.15, 0.2) is 60.8 Å². The van der Waals surface area contributed by atoms with E-state index in [0.29, 0.717) is 12.3 Å². The fraction of sp³-hybridized carbons (Fsp3) is 0.136. The number of anilines is 1. The maximum absolute atomic E-state index is 12.6. The Hall–Kier alpha value is -3.67. The molecule has 140 valence electrons. The number of rotatable bonds is 5. The molecule has 28 heavy (non-hydrogen) atoms. The van der Waals surface area contributed by atoms with Crippen LogP contribution in [0, 0.1) is 6.92 Å². The Morgan fingerprint density at radius 2 is 1.89 bits per heavy atom. The highest BCUT2D eigenvalue weighted by Gasteiger charge is 2.10. The number of amides is 1. The number of hydrogen-bond donors (Lipinski definition) is 2. The van der Waals surface area contributed by atoms with E-state index in [1.807, 2.05) is 62.4 Å². The van der Waals surface area contributed by atoms with Crippen LogP contribution in [0.2, 0.25) is 0 Å². The van der Waals surface area contributed by atoms with Crippen LogP contribution in [0.25, 0.3) is 21.7 Å². The molecule has 4 aromatic rings. The minimum Gasteiger partial charge on any atom is -0.494 e. The van der Waals surface area contributed by atoms with Crippen LogP contribution in [0.1, 0.15) is 23.1 Å². The van der Waals surface area contributed by atoms with Crippen molar-refractivity contribution in [3.8, 4) is 5.75 Å². The van der Waals surface area contributed by atoms with Crippen molar-refractivity contribution in [3.63, 3.8) is 0 Å². The van der Waals surface area contributed by atoms with Crippen LogP contribution in [0.3, 0.4) is 0 Å². The molecular formula is C22H20N4O2. The minimum absolute atomic E-state index is 0.306. The lowest BCUT2D eigenvalue weighted by molar-refractivity contribution is 0.0958. The summed E-state index contributed by atoms with van der Waals surface area (Å²) in [6, 6.07) is 17.2. The van der Waals surface area contributed by atoms with Crippen molar-refractivity contribution >= 4 is 33.3 Å². The van der Waals surface area contributed by atoms with Gasteiger partial charge in [0, 0.05) is 28.7 Å². The van der Waals surface area contributed by atoms with Gasteiger partial charge in [0.1, 0.15) is 11.4 Å². The van der Waals surface area contributed by atoms with Gasteiger partial charge in [-0.3, -0.25) is 25.6 Å². The van der Waals surface area contributed by atoms with E-state index in [9.17, 15) is 4.79 Å². The largest absolute Gasteiger partial charge is 0.494 e. The summed E-state index contributed by atoms with van der Waals surface area (Å²) in [6.45, 7) is 4.44. The second kappa shape index (κ2) is 7.52. The van der Waals surface area contributed by atoms with Gasteiger partial charge in [0.2, 0.25) is 0 Å². The molecule has 0 atom stereocenters. The maximum Gasteiger partial charge on any atom is 0.288 e. The molecule has 0 fully saturated rings. The molecule has 0 saturated heterocycles. The van der Waals surface area contributed by atoms with Crippen LogP contribution < -0.4 is 15.6 Å². The van der Waals surface area contributed by atoms with Gasteiger partial charge in [0.15, 0.2) is 0 Å². The normalized spacial score (nSPS) is 10.8. The van der Waals surface area contributed by atoms with Gasteiger partial charge in [-0.25, -0.2) is 0 Å². The molecule has 2 heterocycles. The number of aromatic nitrogens is 2. The predicted molar refractivity (Wildman–Crippen MR) is 110 cm³/mol. The summed E-state index contributed by atoms with van der Waals surface area (Å²) in [5.74, 6) is 0.461. The molecule has 4 rings (SSSR count). The molecule has 0 bridgehead atoms. The monoisotopic (exact) mass is 372 g/mol. The Morgan fingerprint density at radius 3 is 2.71 bits per heavy atom. The molecule has 6 nitrogen and oxygen atoms in total. The summed E-state index contributed by atoms with van der Waals surface area (Å²) >= 11 is 0. The van der Waals surface area contributed by atoms with Crippen LogP contribution >= 0.6 is 0 Å². The van der Waals surface area contributed by atoms with Gasteiger partial charge in [-0.2, -0.15) is 0 Å². The topological polar surface area (TPSA) is 76.1 Å². The van der Waals surface area contributed by atoms with E-state index in [2.05, 4.69) is 20.8 Å². The number of fused-ring (bicyclic) bond motifs is 2. The molecule has 0 unspecified atom stereocenters. The molecule has 0 saturated carbocycles. The Bertz CT molecular complexity index is 1170. The number of nitrogens with one attached hydrogen (secondary N) is 2. The van der Waals surface area contributed by atoms with Crippen molar-refractivity contribution in [3.05, 3.63) is 72.2 Å². The first-order chi connectivity index (χ1) is 13.6. The highest BCUT2D eigenvalue weighted by Crippen LogP contribution is 2.26. The van der Waals surface area contributed by atoms with E-state index < -0.39 is 0 Å². The number of ether oxygens (including phenoxy) is 1. The maximum atomic E-state index is 12.6. The summed E-state index contributed by atoms with van der Waals surface area (Å²) in [6.07, 6.45) is 1.70. The van der Waals surface area contributed by atoms with Gasteiger partial charge in [-0.15, -0.1) is 0 Å². The van der Waals surface area contributed by atoms with Crippen molar-refractivity contribution in [1.29, 1.82) is 0 Å². The SMILES string of the molecule is CCOc1ccc2c(NNC(=O)c3cc4ccccc4cn3)cc(C)nc2c1. The Morgan fingerprint density at radius 1 is 1.07 bits per heavy atom. The first kappa shape index (κ1) is 17.7. The Labute approximate surface area is 162 Å². The van der Waals surface area contributed by atoms with Gasteiger partial charge in [-0.1, -0.05) is 24.3 Å². The molecule has 0 aliphatic heterocycles. The lowest BCUT2D eigenvalue weighted by Crippen LogP contribution is -2.30. The number of pyridine rings is 2. The summed E-state index contributed by atoms with van der Waals surface area (Å²) in [5.41, 5.74) is 8.48. The molecule has 2 N–H and O–H groups in total. The molecule has 2 aromatic carbocycles. The number of carbonyl (C=O) groups excluding carboxylic acids is 1. The minimum atomic E-state index is -0.306. The highest BCUT2D eigenvalue weighted by atomic mass is 16.5. The van der Waals surface area contributed by atoms with Gasteiger partial charge in [-0.05, 0) is 43.5 Å². The Balaban J connectivity index is 1.58.